The third-order valence-corrected chi connectivity index (χ3v) is 7.68. The average molecular weight is 462 g/mol. The molecular weight excluding hydrogens is 438 g/mol. The molecule has 2 N–H and O–H groups in total. The summed E-state index contributed by atoms with van der Waals surface area (Å²) in [7, 11) is -3.72. The van der Waals surface area contributed by atoms with Crippen LogP contribution in [0, 0.1) is 5.92 Å². The lowest BCUT2D eigenvalue weighted by atomic mass is 9.98. The van der Waals surface area contributed by atoms with Crippen molar-refractivity contribution in [3.63, 3.8) is 0 Å². The van der Waals surface area contributed by atoms with Gasteiger partial charge < -0.3 is 10.6 Å². The highest BCUT2D eigenvalue weighted by atomic mass is 35.5. The number of anilines is 1. The van der Waals surface area contributed by atoms with Crippen LogP contribution in [0.15, 0.2) is 53.4 Å². The molecule has 0 bridgehead atoms. The molecule has 1 saturated heterocycles. The topological polar surface area (TPSA) is 95.6 Å². The van der Waals surface area contributed by atoms with Crippen LogP contribution in [0.25, 0.3) is 0 Å². The molecule has 2 aromatic carbocycles. The van der Waals surface area contributed by atoms with Gasteiger partial charge in [0.05, 0.1) is 22.1 Å². The maximum Gasteiger partial charge on any atom is 0.253 e. The minimum atomic E-state index is -3.72. The second-order valence-electron chi connectivity index (χ2n) is 7.94. The second kappa shape index (κ2) is 8.98. The third kappa shape index (κ3) is 5.08. The van der Waals surface area contributed by atoms with Crippen LogP contribution in [-0.4, -0.2) is 43.7 Å². The number of hydrogen-bond donors (Lipinski definition) is 2. The number of nitrogens with one attached hydrogen (secondary N) is 2. The van der Waals surface area contributed by atoms with Gasteiger partial charge in [-0.3, -0.25) is 9.59 Å². The van der Waals surface area contributed by atoms with Gasteiger partial charge >= 0.3 is 0 Å². The number of benzene rings is 2. The van der Waals surface area contributed by atoms with E-state index in [2.05, 4.69) is 10.6 Å². The zero-order chi connectivity index (χ0) is 22.0. The molecule has 9 heteroatoms. The van der Waals surface area contributed by atoms with E-state index in [4.69, 9.17) is 11.6 Å². The predicted molar refractivity (Wildman–Crippen MR) is 118 cm³/mol. The summed E-state index contributed by atoms with van der Waals surface area (Å²) in [5, 5.41) is 6.22. The van der Waals surface area contributed by atoms with E-state index < -0.39 is 15.9 Å². The van der Waals surface area contributed by atoms with Crippen LogP contribution < -0.4 is 10.6 Å². The molecule has 164 valence electrons. The van der Waals surface area contributed by atoms with Crippen molar-refractivity contribution >= 4 is 39.1 Å². The predicted octanol–water partition coefficient (Wildman–Crippen LogP) is 3.27. The number of nitrogens with zero attached hydrogens (tertiary/aromatic N) is 1. The van der Waals surface area contributed by atoms with Gasteiger partial charge in [-0.05, 0) is 62.1 Å². The number of carbonyl (C=O) groups is 2. The van der Waals surface area contributed by atoms with Gasteiger partial charge in [-0.1, -0.05) is 23.7 Å². The first-order valence-electron chi connectivity index (χ1n) is 10.3. The van der Waals surface area contributed by atoms with Crippen molar-refractivity contribution in [1.82, 2.24) is 9.62 Å². The van der Waals surface area contributed by atoms with E-state index in [-0.39, 0.29) is 29.3 Å². The van der Waals surface area contributed by atoms with Gasteiger partial charge in [-0.15, -0.1) is 0 Å². The number of rotatable bonds is 6. The number of piperidine rings is 1. The molecule has 1 heterocycles. The van der Waals surface area contributed by atoms with Crippen molar-refractivity contribution in [2.24, 2.45) is 5.92 Å². The lowest BCUT2D eigenvalue weighted by Crippen LogP contribution is -2.43. The first-order chi connectivity index (χ1) is 14.8. The summed E-state index contributed by atoms with van der Waals surface area (Å²) in [5.41, 5.74) is 0.840. The Morgan fingerprint density at radius 3 is 2.42 bits per heavy atom. The summed E-state index contributed by atoms with van der Waals surface area (Å²) in [6, 6.07) is 13.1. The molecule has 2 aromatic rings. The van der Waals surface area contributed by atoms with Gasteiger partial charge in [-0.25, -0.2) is 8.42 Å². The minimum Gasteiger partial charge on any atom is -0.349 e. The Morgan fingerprint density at radius 2 is 1.71 bits per heavy atom. The van der Waals surface area contributed by atoms with Crippen molar-refractivity contribution in [2.45, 2.75) is 36.6 Å². The van der Waals surface area contributed by atoms with Crippen LogP contribution in [0.4, 0.5) is 5.69 Å². The lowest BCUT2D eigenvalue weighted by Gasteiger charge is -2.31. The summed E-state index contributed by atoms with van der Waals surface area (Å²) >= 11 is 5.87. The first-order valence-corrected chi connectivity index (χ1v) is 12.1. The molecular formula is C22H24ClN3O4S. The van der Waals surface area contributed by atoms with Gasteiger partial charge in [0, 0.05) is 24.2 Å². The number of carbonyl (C=O) groups excluding carboxylic acids is 2. The zero-order valence-corrected chi connectivity index (χ0v) is 18.5. The first kappa shape index (κ1) is 21.8. The SMILES string of the molecule is O=C(NC1CC1)c1ccccc1NC(=O)C1CCCN(S(=O)(=O)c2ccc(Cl)cc2)C1. The highest BCUT2D eigenvalue weighted by molar-refractivity contribution is 7.89. The number of sulfonamides is 1. The van der Waals surface area contributed by atoms with Crippen molar-refractivity contribution in [3.05, 3.63) is 59.1 Å². The summed E-state index contributed by atoms with van der Waals surface area (Å²) in [5.74, 6) is -1.01. The van der Waals surface area contributed by atoms with Gasteiger partial charge in [0.25, 0.3) is 5.91 Å². The molecule has 0 radical (unpaired) electrons. The summed E-state index contributed by atoms with van der Waals surface area (Å²) < 4.78 is 27.3. The molecule has 0 spiro atoms. The molecule has 2 fully saturated rings. The van der Waals surface area contributed by atoms with Crippen molar-refractivity contribution in [3.8, 4) is 0 Å². The molecule has 31 heavy (non-hydrogen) atoms. The van der Waals surface area contributed by atoms with E-state index >= 15 is 0 Å². The third-order valence-electron chi connectivity index (χ3n) is 5.55. The fourth-order valence-corrected chi connectivity index (χ4v) is 5.30. The Kier molecular flexibility index (Phi) is 6.31. The number of halogens is 1. The summed E-state index contributed by atoms with van der Waals surface area (Å²) in [6.07, 6.45) is 3.10. The number of hydrogen-bond acceptors (Lipinski definition) is 4. The standard InChI is InChI=1S/C22H24ClN3O4S/c23-16-7-11-18(12-8-16)31(29,30)26-13-3-4-15(14-26)21(27)25-20-6-2-1-5-19(20)22(28)24-17-9-10-17/h1-2,5-8,11-12,15,17H,3-4,9-10,13-14H2,(H,24,28)(H,25,27). The molecule has 1 saturated carbocycles. The molecule has 1 aliphatic heterocycles. The second-order valence-corrected chi connectivity index (χ2v) is 10.3. The van der Waals surface area contributed by atoms with Crippen LogP contribution in [0.5, 0.6) is 0 Å². The fourth-order valence-electron chi connectivity index (χ4n) is 3.65. The molecule has 4 rings (SSSR count). The highest BCUT2D eigenvalue weighted by Crippen LogP contribution is 2.27. The van der Waals surface area contributed by atoms with Gasteiger partial charge in [0.1, 0.15) is 0 Å². The maximum atomic E-state index is 13.0. The van der Waals surface area contributed by atoms with Gasteiger partial charge in [0.2, 0.25) is 15.9 Å². The Hall–Kier alpha value is -2.42. The highest BCUT2D eigenvalue weighted by Gasteiger charge is 2.34. The van der Waals surface area contributed by atoms with Crippen LogP contribution in [0.2, 0.25) is 5.02 Å². The van der Waals surface area contributed by atoms with Crippen molar-refractivity contribution in [1.29, 1.82) is 0 Å². The maximum absolute atomic E-state index is 13.0. The van der Waals surface area contributed by atoms with Crippen LogP contribution >= 0.6 is 11.6 Å². The molecule has 1 aliphatic carbocycles. The zero-order valence-electron chi connectivity index (χ0n) is 16.9. The quantitative estimate of drug-likeness (QED) is 0.690. The lowest BCUT2D eigenvalue weighted by molar-refractivity contribution is -0.120. The monoisotopic (exact) mass is 461 g/mol. The molecule has 2 amide bonds. The van der Waals surface area contributed by atoms with E-state index in [1.165, 1.54) is 28.6 Å². The van der Waals surface area contributed by atoms with Gasteiger partial charge in [-0.2, -0.15) is 4.31 Å². The smallest absolute Gasteiger partial charge is 0.253 e. The Morgan fingerprint density at radius 1 is 1.00 bits per heavy atom. The molecule has 7 nitrogen and oxygen atoms in total. The van der Waals surface area contributed by atoms with Crippen LogP contribution in [-0.2, 0) is 14.8 Å². The van der Waals surface area contributed by atoms with E-state index in [9.17, 15) is 18.0 Å². The largest absolute Gasteiger partial charge is 0.349 e. The van der Waals surface area contributed by atoms with E-state index in [0.717, 1.165) is 12.8 Å². The van der Waals surface area contributed by atoms with Crippen molar-refractivity contribution < 1.29 is 18.0 Å². The van der Waals surface area contributed by atoms with Crippen molar-refractivity contribution in [2.75, 3.05) is 18.4 Å². The van der Waals surface area contributed by atoms with E-state index in [1.54, 1.807) is 24.3 Å². The molecule has 2 aliphatic rings. The van der Waals surface area contributed by atoms with E-state index in [0.29, 0.717) is 35.7 Å². The minimum absolute atomic E-state index is 0.0905. The average Bonchev–Trinajstić information content (AvgIpc) is 3.58. The van der Waals surface area contributed by atoms with Crippen LogP contribution in [0.3, 0.4) is 0 Å². The fraction of sp³-hybridized carbons (Fsp3) is 0.364. The van der Waals surface area contributed by atoms with Gasteiger partial charge in [0.15, 0.2) is 0 Å². The molecule has 1 unspecified atom stereocenters. The number of para-hydroxylation sites is 1. The number of amides is 2. The molecule has 0 aromatic heterocycles. The van der Waals surface area contributed by atoms with Crippen LogP contribution in [0.1, 0.15) is 36.0 Å². The Labute approximate surface area is 186 Å². The molecule has 1 atom stereocenters. The summed E-state index contributed by atoms with van der Waals surface area (Å²) in [4.78, 5) is 25.6. The Bertz CT molecular complexity index is 1080. The Balaban J connectivity index is 1.46. The normalized spacial score (nSPS) is 19.6. The summed E-state index contributed by atoms with van der Waals surface area (Å²) in [6.45, 7) is 0.447. The van der Waals surface area contributed by atoms with E-state index in [1.807, 2.05) is 0 Å².